The van der Waals surface area contributed by atoms with Crippen molar-refractivity contribution < 1.29 is 8.42 Å². The van der Waals surface area contributed by atoms with Crippen LogP contribution in [0.3, 0.4) is 0 Å². The Bertz CT molecular complexity index is 849. The molecule has 1 N–H and O–H groups in total. The van der Waals surface area contributed by atoms with Crippen LogP contribution in [0.15, 0.2) is 36.4 Å². The number of rotatable bonds is 4. The van der Waals surface area contributed by atoms with Crippen molar-refractivity contribution in [3.63, 3.8) is 0 Å². The maximum atomic E-state index is 11.7. The largest absolute Gasteiger partial charge is 0.366 e. The summed E-state index contributed by atoms with van der Waals surface area (Å²) in [4.78, 5) is 11.7. The molecule has 2 fully saturated rings. The second-order valence-electron chi connectivity index (χ2n) is 6.74. The monoisotopic (exact) mass is 358 g/mol. The summed E-state index contributed by atoms with van der Waals surface area (Å²) in [6, 6.07) is 11.8. The van der Waals surface area contributed by atoms with Gasteiger partial charge in [0.2, 0.25) is 0 Å². The van der Waals surface area contributed by atoms with Crippen molar-refractivity contribution in [1.82, 2.24) is 9.97 Å². The van der Waals surface area contributed by atoms with Gasteiger partial charge in [0.25, 0.3) is 0 Å². The van der Waals surface area contributed by atoms with E-state index in [0.29, 0.717) is 18.1 Å². The van der Waals surface area contributed by atoms with E-state index in [1.807, 2.05) is 36.4 Å². The Morgan fingerprint density at radius 1 is 1.08 bits per heavy atom. The quantitative estimate of drug-likeness (QED) is 0.904. The number of aromatic nitrogens is 2. The number of nitrogens with zero attached hydrogens (tertiary/aromatic N) is 3. The summed E-state index contributed by atoms with van der Waals surface area (Å²) in [5.41, 5.74) is 0.964. The van der Waals surface area contributed by atoms with Crippen molar-refractivity contribution in [2.45, 2.75) is 25.3 Å². The second kappa shape index (κ2) is 6.63. The summed E-state index contributed by atoms with van der Waals surface area (Å²) in [5, 5.41) is 3.31. The Morgan fingerprint density at radius 2 is 1.84 bits per heavy atom. The van der Waals surface area contributed by atoms with Crippen LogP contribution in [0.2, 0.25) is 0 Å². The van der Waals surface area contributed by atoms with Crippen molar-refractivity contribution in [2.24, 2.45) is 0 Å². The van der Waals surface area contributed by atoms with Crippen molar-refractivity contribution in [3.05, 3.63) is 36.4 Å². The van der Waals surface area contributed by atoms with Gasteiger partial charge >= 0.3 is 0 Å². The first-order valence-electron chi connectivity index (χ1n) is 8.75. The third-order valence-corrected chi connectivity index (χ3v) is 6.53. The fourth-order valence-corrected chi connectivity index (χ4v) is 5.12. The highest BCUT2D eigenvalue weighted by Crippen LogP contribution is 2.26. The molecule has 0 radical (unpaired) electrons. The molecule has 1 aromatic carbocycles. The summed E-state index contributed by atoms with van der Waals surface area (Å²) in [7, 11) is -2.92. The summed E-state index contributed by atoms with van der Waals surface area (Å²) in [6.07, 6.45) is 2.98. The zero-order valence-corrected chi connectivity index (χ0v) is 14.9. The van der Waals surface area contributed by atoms with E-state index in [-0.39, 0.29) is 17.5 Å². The summed E-state index contributed by atoms with van der Waals surface area (Å²) < 4.78 is 23.4. The first kappa shape index (κ1) is 16.3. The zero-order valence-electron chi connectivity index (χ0n) is 14.1. The third-order valence-electron chi connectivity index (χ3n) is 4.76. The molecule has 2 aliphatic rings. The molecule has 1 atom stereocenters. The van der Waals surface area contributed by atoms with E-state index in [4.69, 9.17) is 4.98 Å². The van der Waals surface area contributed by atoms with Crippen LogP contribution in [0.1, 0.15) is 19.3 Å². The standard InChI is InChI=1S/C18H22N4O2S/c23-25(24)11-8-15(13-25)19-16-12-17(22-9-4-5-10-22)21-18(20-16)14-6-2-1-3-7-14/h1-3,6-7,12,15H,4-5,8-11,13H2,(H,19,20,21). The molecule has 6 nitrogen and oxygen atoms in total. The lowest BCUT2D eigenvalue weighted by atomic mass is 10.2. The number of benzene rings is 1. The molecule has 4 rings (SSSR count). The molecule has 7 heteroatoms. The Hall–Kier alpha value is -2.15. The van der Waals surface area contributed by atoms with E-state index in [1.54, 1.807) is 0 Å². The van der Waals surface area contributed by atoms with Gasteiger partial charge < -0.3 is 10.2 Å². The van der Waals surface area contributed by atoms with Gasteiger partial charge in [-0.05, 0) is 19.3 Å². The van der Waals surface area contributed by atoms with Gasteiger partial charge in [0.15, 0.2) is 15.7 Å². The lowest BCUT2D eigenvalue weighted by molar-refractivity contribution is 0.602. The molecule has 3 heterocycles. The molecule has 132 valence electrons. The first-order valence-corrected chi connectivity index (χ1v) is 10.6. The average molecular weight is 358 g/mol. The molecule has 2 aliphatic heterocycles. The predicted molar refractivity (Wildman–Crippen MR) is 99.6 cm³/mol. The minimum Gasteiger partial charge on any atom is -0.366 e. The minimum absolute atomic E-state index is 0.0741. The summed E-state index contributed by atoms with van der Waals surface area (Å²) in [6.45, 7) is 2.00. The Labute approximate surface area is 148 Å². The van der Waals surface area contributed by atoms with Crippen molar-refractivity contribution in [3.8, 4) is 11.4 Å². The van der Waals surface area contributed by atoms with Gasteiger partial charge in [0.05, 0.1) is 11.5 Å². The zero-order chi connectivity index (χ0) is 17.3. The molecular formula is C18H22N4O2S. The van der Waals surface area contributed by atoms with Crippen LogP contribution in [-0.4, -0.2) is 49.0 Å². The van der Waals surface area contributed by atoms with Gasteiger partial charge in [-0.2, -0.15) is 0 Å². The maximum absolute atomic E-state index is 11.7. The molecule has 2 saturated heterocycles. The molecule has 1 aromatic heterocycles. The highest BCUT2D eigenvalue weighted by molar-refractivity contribution is 7.91. The molecule has 0 spiro atoms. The fourth-order valence-electron chi connectivity index (χ4n) is 3.45. The van der Waals surface area contributed by atoms with E-state index in [1.165, 1.54) is 12.8 Å². The van der Waals surface area contributed by atoms with Gasteiger partial charge in [0.1, 0.15) is 11.6 Å². The van der Waals surface area contributed by atoms with Crippen LogP contribution in [0.4, 0.5) is 11.6 Å². The predicted octanol–water partition coefficient (Wildman–Crippen LogP) is 2.34. The molecular weight excluding hydrogens is 336 g/mol. The molecule has 0 aliphatic carbocycles. The van der Waals surface area contributed by atoms with Gasteiger partial charge in [-0.25, -0.2) is 18.4 Å². The van der Waals surface area contributed by atoms with Crippen LogP contribution in [0.5, 0.6) is 0 Å². The number of hydrogen-bond acceptors (Lipinski definition) is 6. The molecule has 0 amide bonds. The number of anilines is 2. The van der Waals surface area contributed by atoms with E-state index in [9.17, 15) is 8.42 Å². The topological polar surface area (TPSA) is 75.2 Å². The van der Waals surface area contributed by atoms with Gasteiger partial charge in [-0.15, -0.1) is 0 Å². The van der Waals surface area contributed by atoms with Crippen LogP contribution < -0.4 is 10.2 Å². The Morgan fingerprint density at radius 3 is 2.52 bits per heavy atom. The smallest absolute Gasteiger partial charge is 0.163 e. The average Bonchev–Trinajstić information content (AvgIpc) is 3.25. The third kappa shape index (κ3) is 3.76. The van der Waals surface area contributed by atoms with Crippen LogP contribution in [0, 0.1) is 0 Å². The molecule has 1 unspecified atom stereocenters. The van der Waals surface area contributed by atoms with E-state index < -0.39 is 9.84 Å². The van der Waals surface area contributed by atoms with Crippen LogP contribution in [-0.2, 0) is 9.84 Å². The Balaban J connectivity index is 1.66. The maximum Gasteiger partial charge on any atom is 0.163 e. The van der Waals surface area contributed by atoms with Crippen molar-refractivity contribution >= 4 is 21.5 Å². The number of nitrogens with one attached hydrogen (secondary N) is 1. The van der Waals surface area contributed by atoms with Crippen LogP contribution in [0.25, 0.3) is 11.4 Å². The SMILES string of the molecule is O=S1(=O)CCC(Nc2cc(N3CCCC3)nc(-c3ccccc3)n2)C1. The summed E-state index contributed by atoms with van der Waals surface area (Å²) in [5.74, 6) is 2.72. The second-order valence-corrected chi connectivity index (χ2v) is 8.97. The molecule has 25 heavy (non-hydrogen) atoms. The minimum atomic E-state index is -2.92. The van der Waals surface area contributed by atoms with Gasteiger partial charge in [-0.1, -0.05) is 30.3 Å². The number of sulfone groups is 1. The number of hydrogen-bond donors (Lipinski definition) is 1. The van der Waals surface area contributed by atoms with Crippen molar-refractivity contribution in [2.75, 3.05) is 34.8 Å². The lowest BCUT2D eigenvalue weighted by Gasteiger charge is -2.19. The van der Waals surface area contributed by atoms with Gasteiger partial charge in [-0.3, -0.25) is 0 Å². The van der Waals surface area contributed by atoms with Crippen molar-refractivity contribution in [1.29, 1.82) is 0 Å². The molecule has 0 saturated carbocycles. The van der Waals surface area contributed by atoms with Crippen LogP contribution >= 0.6 is 0 Å². The van der Waals surface area contributed by atoms with E-state index >= 15 is 0 Å². The highest BCUT2D eigenvalue weighted by atomic mass is 32.2. The Kier molecular flexibility index (Phi) is 4.33. The van der Waals surface area contributed by atoms with E-state index in [0.717, 1.165) is 24.5 Å². The first-order chi connectivity index (χ1) is 12.1. The highest BCUT2D eigenvalue weighted by Gasteiger charge is 2.28. The fraction of sp³-hybridized carbons (Fsp3) is 0.444. The lowest BCUT2D eigenvalue weighted by Crippen LogP contribution is -2.23. The molecule has 0 bridgehead atoms. The normalized spacial score (nSPS) is 22.2. The molecule has 2 aromatic rings. The van der Waals surface area contributed by atoms with E-state index in [2.05, 4.69) is 15.2 Å². The van der Waals surface area contributed by atoms with Gasteiger partial charge in [0, 0.05) is 30.8 Å². The summed E-state index contributed by atoms with van der Waals surface area (Å²) >= 11 is 0.